The monoisotopic (exact) mass is 458 g/mol. The van der Waals surface area contributed by atoms with Gasteiger partial charge >= 0.3 is 5.97 Å². The largest absolute Gasteiger partial charge is 0.494 e. The predicted octanol–water partition coefficient (Wildman–Crippen LogP) is 7.73. The van der Waals surface area contributed by atoms with Crippen molar-refractivity contribution >= 4 is 5.97 Å². The maximum absolute atomic E-state index is 12.5. The third-order valence-corrected chi connectivity index (χ3v) is 5.65. The first-order valence-electron chi connectivity index (χ1n) is 12.0. The van der Waals surface area contributed by atoms with Crippen molar-refractivity contribution in [1.29, 1.82) is 0 Å². The first kappa shape index (κ1) is 25.1. The SMILES string of the molecule is C=CCCCCOc1ccc(-c2ccc(C(=O)Oc3ccc(OC[C@@H](C)CC)cc3)cc2)cc1. The molecule has 0 aliphatic rings. The van der Waals surface area contributed by atoms with Crippen LogP contribution >= 0.6 is 0 Å². The van der Waals surface area contributed by atoms with Crippen LogP contribution in [-0.4, -0.2) is 19.2 Å². The average Bonchev–Trinajstić information content (AvgIpc) is 2.88. The highest BCUT2D eigenvalue weighted by Gasteiger charge is 2.10. The van der Waals surface area contributed by atoms with Crippen molar-refractivity contribution in [2.24, 2.45) is 5.92 Å². The Morgan fingerprint density at radius 2 is 1.38 bits per heavy atom. The molecule has 0 bridgehead atoms. The summed E-state index contributed by atoms with van der Waals surface area (Å²) in [6.45, 7) is 9.41. The quantitative estimate of drug-likeness (QED) is 0.114. The van der Waals surface area contributed by atoms with Crippen molar-refractivity contribution in [3.63, 3.8) is 0 Å². The minimum absolute atomic E-state index is 0.389. The Morgan fingerprint density at radius 3 is 2.00 bits per heavy atom. The zero-order valence-corrected chi connectivity index (χ0v) is 20.2. The van der Waals surface area contributed by atoms with Gasteiger partial charge in [-0.25, -0.2) is 4.79 Å². The van der Waals surface area contributed by atoms with Gasteiger partial charge in [-0.15, -0.1) is 6.58 Å². The molecule has 4 nitrogen and oxygen atoms in total. The summed E-state index contributed by atoms with van der Waals surface area (Å²) >= 11 is 0. The van der Waals surface area contributed by atoms with Crippen LogP contribution in [0.3, 0.4) is 0 Å². The van der Waals surface area contributed by atoms with Gasteiger partial charge in [0.15, 0.2) is 0 Å². The third-order valence-electron chi connectivity index (χ3n) is 5.65. The zero-order valence-electron chi connectivity index (χ0n) is 20.2. The molecule has 0 saturated heterocycles. The van der Waals surface area contributed by atoms with Gasteiger partial charge in [0, 0.05) is 0 Å². The van der Waals surface area contributed by atoms with E-state index in [1.54, 1.807) is 24.3 Å². The molecule has 0 unspecified atom stereocenters. The summed E-state index contributed by atoms with van der Waals surface area (Å²) in [6, 6.07) is 22.6. The molecular formula is C30H34O4. The van der Waals surface area contributed by atoms with Crippen molar-refractivity contribution in [2.45, 2.75) is 39.5 Å². The van der Waals surface area contributed by atoms with E-state index in [1.807, 2.05) is 54.6 Å². The number of rotatable bonds is 13. The van der Waals surface area contributed by atoms with Crippen LogP contribution in [0.25, 0.3) is 11.1 Å². The minimum Gasteiger partial charge on any atom is -0.494 e. The Bertz CT molecular complexity index is 1020. The Kier molecular flexibility index (Phi) is 9.78. The number of hydrogen-bond donors (Lipinski definition) is 0. The lowest BCUT2D eigenvalue weighted by Crippen LogP contribution is -2.09. The average molecular weight is 459 g/mol. The van der Waals surface area contributed by atoms with Crippen LogP contribution in [0.1, 0.15) is 49.9 Å². The van der Waals surface area contributed by atoms with E-state index >= 15 is 0 Å². The number of esters is 1. The standard InChI is InChI=1S/C30H34O4/c1-4-6-7-8-21-32-27-15-13-25(14-16-27)24-9-11-26(12-10-24)30(31)34-29-19-17-28(18-20-29)33-22-23(3)5-2/h4,9-20,23H,1,5-8,21-22H2,2-3H3/t23-/m0/s1. The molecular weight excluding hydrogens is 424 g/mol. The lowest BCUT2D eigenvalue weighted by Gasteiger charge is -2.11. The van der Waals surface area contributed by atoms with Gasteiger partial charge in [0.1, 0.15) is 17.2 Å². The van der Waals surface area contributed by atoms with Gasteiger partial charge in [-0.05, 0) is 84.8 Å². The Morgan fingerprint density at radius 1 is 0.824 bits per heavy atom. The number of unbranched alkanes of at least 4 members (excludes halogenated alkanes) is 2. The number of benzene rings is 3. The second kappa shape index (κ2) is 13.2. The Labute approximate surface area is 203 Å². The molecule has 3 aromatic carbocycles. The van der Waals surface area contributed by atoms with Crippen LogP contribution in [0.15, 0.2) is 85.5 Å². The second-order valence-electron chi connectivity index (χ2n) is 8.42. The van der Waals surface area contributed by atoms with Gasteiger partial charge in [-0.3, -0.25) is 0 Å². The fraction of sp³-hybridized carbons (Fsp3) is 0.300. The van der Waals surface area contributed by atoms with E-state index in [0.717, 1.165) is 48.3 Å². The summed E-state index contributed by atoms with van der Waals surface area (Å²) in [5, 5.41) is 0. The van der Waals surface area contributed by atoms with Gasteiger partial charge in [0.2, 0.25) is 0 Å². The Hall–Kier alpha value is -3.53. The van der Waals surface area contributed by atoms with Gasteiger partial charge < -0.3 is 14.2 Å². The van der Waals surface area contributed by atoms with Crippen molar-refractivity contribution in [1.82, 2.24) is 0 Å². The summed E-state index contributed by atoms with van der Waals surface area (Å²) in [7, 11) is 0. The Balaban J connectivity index is 1.51. The molecule has 3 rings (SSSR count). The molecule has 0 aliphatic carbocycles. The van der Waals surface area contributed by atoms with Crippen LogP contribution in [0, 0.1) is 5.92 Å². The van der Waals surface area contributed by atoms with Gasteiger partial charge in [0.05, 0.1) is 18.8 Å². The van der Waals surface area contributed by atoms with E-state index in [0.29, 0.717) is 30.4 Å². The third kappa shape index (κ3) is 7.80. The molecule has 1 atom stereocenters. The number of allylic oxidation sites excluding steroid dienone is 1. The molecule has 0 spiro atoms. The molecule has 4 heteroatoms. The van der Waals surface area contributed by atoms with Crippen LogP contribution in [-0.2, 0) is 0 Å². The van der Waals surface area contributed by atoms with E-state index in [9.17, 15) is 4.79 Å². The van der Waals surface area contributed by atoms with E-state index in [4.69, 9.17) is 14.2 Å². The molecule has 178 valence electrons. The highest BCUT2D eigenvalue weighted by atomic mass is 16.5. The number of carbonyl (C=O) groups is 1. The summed E-state index contributed by atoms with van der Waals surface area (Å²) in [4.78, 5) is 12.5. The highest BCUT2D eigenvalue weighted by molar-refractivity contribution is 5.91. The molecule has 34 heavy (non-hydrogen) atoms. The fourth-order valence-electron chi connectivity index (χ4n) is 3.25. The fourth-order valence-corrected chi connectivity index (χ4v) is 3.25. The lowest BCUT2D eigenvalue weighted by atomic mass is 10.0. The molecule has 3 aromatic rings. The molecule has 0 fully saturated rings. The summed E-state index contributed by atoms with van der Waals surface area (Å²) in [5.74, 6) is 2.24. The van der Waals surface area contributed by atoms with Crippen LogP contribution in [0.5, 0.6) is 17.2 Å². The van der Waals surface area contributed by atoms with Crippen molar-refractivity contribution in [3.8, 4) is 28.4 Å². The smallest absolute Gasteiger partial charge is 0.343 e. The summed E-state index contributed by atoms with van der Waals surface area (Å²) in [6.07, 6.45) is 6.13. The van der Waals surface area contributed by atoms with E-state index in [-0.39, 0.29) is 5.97 Å². The van der Waals surface area contributed by atoms with Crippen molar-refractivity contribution in [3.05, 3.63) is 91.0 Å². The van der Waals surface area contributed by atoms with Crippen LogP contribution in [0.2, 0.25) is 0 Å². The molecule has 0 aliphatic heterocycles. The highest BCUT2D eigenvalue weighted by Crippen LogP contribution is 2.24. The van der Waals surface area contributed by atoms with Crippen molar-refractivity contribution in [2.75, 3.05) is 13.2 Å². The van der Waals surface area contributed by atoms with Crippen LogP contribution in [0.4, 0.5) is 0 Å². The molecule has 0 aromatic heterocycles. The number of ether oxygens (including phenoxy) is 3. The van der Waals surface area contributed by atoms with Gasteiger partial charge in [-0.2, -0.15) is 0 Å². The van der Waals surface area contributed by atoms with Gasteiger partial charge in [0.25, 0.3) is 0 Å². The van der Waals surface area contributed by atoms with E-state index in [1.165, 1.54) is 0 Å². The predicted molar refractivity (Wildman–Crippen MR) is 138 cm³/mol. The van der Waals surface area contributed by atoms with E-state index < -0.39 is 0 Å². The molecule has 0 N–H and O–H groups in total. The zero-order chi connectivity index (χ0) is 24.2. The summed E-state index contributed by atoms with van der Waals surface area (Å²) in [5.41, 5.74) is 2.59. The number of carbonyl (C=O) groups excluding carboxylic acids is 1. The van der Waals surface area contributed by atoms with Crippen LogP contribution < -0.4 is 14.2 Å². The normalized spacial score (nSPS) is 11.5. The number of hydrogen-bond acceptors (Lipinski definition) is 4. The minimum atomic E-state index is -0.389. The molecule has 0 saturated carbocycles. The molecule has 0 heterocycles. The maximum atomic E-state index is 12.5. The lowest BCUT2D eigenvalue weighted by molar-refractivity contribution is 0.0734. The van der Waals surface area contributed by atoms with Crippen molar-refractivity contribution < 1.29 is 19.0 Å². The first-order chi connectivity index (χ1) is 16.6. The summed E-state index contributed by atoms with van der Waals surface area (Å²) < 4.78 is 17.0. The topological polar surface area (TPSA) is 44.8 Å². The molecule has 0 amide bonds. The van der Waals surface area contributed by atoms with Gasteiger partial charge in [-0.1, -0.05) is 50.6 Å². The maximum Gasteiger partial charge on any atom is 0.343 e. The first-order valence-corrected chi connectivity index (χ1v) is 12.0. The second-order valence-corrected chi connectivity index (χ2v) is 8.42. The molecule has 0 radical (unpaired) electrons. The van der Waals surface area contributed by atoms with E-state index in [2.05, 4.69) is 20.4 Å².